The van der Waals surface area contributed by atoms with Gasteiger partial charge in [-0.1, -0.05) is 43.7 Å². The van der Waals surface area contributed by atoms with Gasteiger partial charge in [-0.25, -0.2) is 0 Å². The van der Waals surface area contributed by atoms with Crippen molar-refractivity contribution in [2.75, 3.05) is 26.3 Å². The van der Waals surface area contributed by atoms with Crippen molar-refractivity contribution in [1.82, 2.24) is 14.8 Å². The van der Waals surface area contributed by atoms with Crippen LogP contribution < -0.4 is 10.9 Å². The Bertz CT molecular complexity index is 816. The molecule has 6 nitrogen and oxygen atoms in total. The van der Waals surface area contributed by atoms with Gasteiger partial charge in [-0.3, -0.25) is 14.5 Å². The van der Waals surface area contributed by atoms with Gasteiger partial charge >= 0.3 is 0 Å². The third kappa shape index (κ3) is 5.53. The molecule has 1 amide bonds. The molecule has 1 fully saturated rings. The molecular formula is C22H29N3O3. The minimum atomic E-state index is -0.204. The summed E-state index contributed by atoms with van der Waals surface area (Å²) < 4.78 is 7.19. The Balaban J connectivity index is 1.53. The second-order valence-electron chi connectivity index (χ2n) is 7.18. The highest BCUT2D eigenvalue weighted by Crippen LogP contribution is 2.10. The van der Waals surface area contributed by atoms with Crippen LogP contribution in [0.3, 0.4) is 0 Å². The average Bonchev–Trinajstić information content (AvgIpc) is 2.73. The lowest BCUT2D eigenvalue weighted by Crippen LogP contribution is -2.53. The molecule has 0 bridgehead atoms. The van der Waals surface area contributed by atoms with E-state index in [0.717, 1.165) is 37.1 Å². The molecule has 1 unspecified atom stereocenters. The van der Waals surface area contributed by atoms with E-state index in [1.165, 1.54) is 0 Å². The highest BCUT2D eigenvalue weighted by atomic mass is 16.5. The number of rotatable bonds is 8. The third-order valence-corrected chi connectivity index (χ3v) is 5.08. The van der Waals surface area contributed by atoms with Crippen molar-refractivity contribution in [2.45, 2.75) is 38.9 Å². The van der Waals surface area contributed by atoms with Crippen molar-refractivity contribution in [3.05, 3.63) is 70.1 Å². The first-order valence-corrected chi connectivity index (χ1v) is 10.00. The van der Waals surface area contributed by atoms with E-state index in [0.29, 0.717) is 26.3 Å². The first-order valence-electron chi connectivity index (χ1n) is 10.00. The van der Waals surface area contributed by atoms with Gasteiger partial charge in [-0.15, -0.1) is 0 Å². The second kappa shape index (κ2) is 10.2. The van der Waals surface area contributed by atoms with Crippen LogP contribution in [0, 0.1) is 0 Å². The predicted molar refractivity (Wildman–Crippen MR) is 109 cm³/mol. The number of pyridine rings is 1. The third-order valence-electron chi connectivity index (χ3n) is 5.08. The fraction of sp³-hybridized carbons (Fsp3) is 0.455. The molecule has 1 aliphatic heterocycles. The fourth-order valence-electron chi connectivity index (χ4n) is 3.37. The summed E-state index contributed by atoms with van der Waals surface area (Å²) in [4.78, 5) is 26.7. The standard InChI is InChI=1S/C22H29N3O3/c1-2-3-11-24-13-14-28-17-20(24)22(27)23-15-18-7-9-19(10-8-18)16-25-12-5-4-6-21(25)26/h4-10,12,20H,2-3,11,13-17H2,1H3,(H,23,27). The topological polar surface area (TPSA) is 63.6 Å². The van der Waals surface area contributed by atoms with Crippen LogP contribution in [0.1, 0.15) is 30.9 Å². The van der Waals surface area contributed by atoms with Crippen LogP contribution in [0.4, 0.5) is 0 Å². The summed E-state index contributed by atoms with van der Waals surface area (Å²) in [5.74, 6) is 0.0238. The Morgan fingerprint density at radius 1 is 1.18 bits per heavy atom. The summed E-state index contributed by atoms with van der Waals surface area (Å²) in [7, 11) is 0. The smallest absolute Gasteiger partial charge is 0.250 e. The first kappa shape index (κ1) is 20.3. The molecule has 0 aliphatic carbocycles. The van der Waals surface area contributed by atoms with Crippen LogP contribution in [0.5, 0.6) is 0 Å². The summed E-state index contributed by atoms with van der Waals surface area (Å²) in [6.07, 6.45) is 4.00. The molecule has 1 aliphatic rings. The Morgan fingerprint density at radius 2 is 1.96 bits per heavy atom. The maximum absolute atomic E-state index is 12.6. The predicted octanol–water partition coefficient (Wildman–Crippen LogP) is 2.01. The zero-order valence-corrected chi connectivity index (χ0v) is 16.5. The zero-order valence-electron chi connectivity index (χ0n) is 16.5. The van der Waals surface area contributed by atoms with Gasteiger partial charge in [0.2, 0.25) is 5.91 Å². The number of benzene rings is 1. The molecule has 3 rings (SSSR count). The van der Waals surface area contributed by atoms with E-state index in [2.05, 4.69) is 17.1 Å². The molecule has 1 aromatic carbocycles. The van der Waals surface area contributed by atoms with E-state index in [4.69, 9.17) is 4.74 Å². The van der Waals surface area contributed by atoms with Gasteiger partial charge in [-0.2, -0.15) is 0 Å². The molecule has 0 radical (unpaired) electrons. The number of ether oxygens (including phenoxy) is 1. The van der Waals surface area contributed by atoms with Gasteiger partial charge in [0.25, 0.3) is 5.56 Å². The minimum absolute atomic E-state index is 0.0128. The molecular weight excluding hydrogens is 354 g/mol. The first-order chi connectivity index (χ1) is 13.7. The van der Waals surface area contributed by atoms with Gasteiger partial charge in [0.15, 0.2) is 0 Å². The molecule has 1 saturated heterocycles. The number of carbonyl (C=O) groups excluding carboxylic acids is 1. The van der Waals surface area contributed by atoms with Crippen molar-refractivity contribution >= 4 is 5.91 Å². The highest BCUT2D eigenvalue weighted by Gasteiger charge is 2.28. The van der Waals surface area contributed by atoms with Crippen LogP contribution in [-0.2, 0) is 22.6 Å². The molecule has 2 heterocycles. The lowest BCUT2D eigenvalue weighted by Gasteiger charge is -2.34. The number of nitrogens with one attached hydrogen (secondary N) is 1. The lowest BCUT2D eigenvalue weighted by molar-refractivity contribution is -0.132. The quantitative estimate of drug-likeness (QED) is 0.758. The summed E-state index contributed by atoms with van der Waals surface area (Å²) in [5, 5.41) is 3.04. The molecule has 0 spiro atoms. The van der Waals surface area contributed by atoms with E-state index in [9.17, 15) is 9.59 Å². The monoisotopic (exact) mass is 383 g/mol. The molecule has 2 aromatic rings. The number of morpholine rings is 1. The van der Waals surface area contributed by atoms with Crippen molar-refractivity contribution in [3.63, 3.8) is 0 Å². The van der Waals surface area contributed by atoms with E-state index in [1.807, 2.05) is 30.3 Å². The molecule has 6 heteroatoms. The van der Waals surface area contributed by atoms with Gasteiger partial charge in [0.1, 0.15) is 6.04 Å². The van der Waals surface area contributed by atoms with Gasteiger partial charge in [0, 0.05) is 25.4 Å². The van der Waals surface area contributed by atoms with Crippen molar-refractivity contribution in [3.8, 4) is 0 Å². The van der Waals surface area contributed by atoms with E-state index >= 15 is 0 Å². The fourth-order valence-corrected chi connectivity index (χ4v) is 3.37. The summed E-state index contributed by atoms with van der Waals surface area (Å²) >= 11 is 0. The normalized spacial score (nSPS) is 17.4. The summed E-state index contributed by atoms with van der Waals surface area (Å²) in [6, 6.07) is 12.9. The second-order valence-corrected chi connectivity index (χ2v) is 7.18. The average molecular weight is 383 g/mol. The molecule has 1 atom stereocenters. The zero-order chi connectivity index (χ0) is 19.8. The maximum Gasteiger partial charge on any atom is 0.250 e. The van der Waals surface area contributed by atoms with Crippen LogP contribution in [0.15, 0.2) is 53.5 Å². The Labute approximate surface area is 166 Å². The number of amides is 1. The Hall–Kier alpha value is -2.44. The maximum atomic E-state index is 12.6. The molecule has 1 N–H and O–H groups in total. The number of nitrogens with zero attached hydrogens (tertiary/aromatic N) is 2. The lowest BCUT2D eigenvalue weighted by atomic mass is 10.1. The largest absolute Gasteiger partial charge is 0.378 e. The van der Waals surface area contributed by atoms with Crippen LogP contribution >= 0.6 is 0 Å². The Kier molecular flexibility index (Phi) is 7.39. The molecule has 0 saturated carbocycles. The molecule has 28 heavy (non-hydrogen) atoms. The van der Waals surface area contributed by atoms with Crippen LogP contribution in [-0.4, -0.2) is 47.7 Å². The number of carbonyl (C=O) groups is 1. The van der Waals surface area contributed by atoms with Gasteiger partial charge in [-0.05, 0) is 30.2 Å². The Morgan fingerprint density at radius 3 is 2.71 bits per heavy atom. The van der Waals surface area contributed by atoms with Crippen molar-refractivity contribution < 1.29 is 9.53 Å². The van der Waals surface area contributed by atoms with Crippen LogP contribution in [0.25, 0.3) is 0 Å². The van der Waals surface area contributed by atoms with Gasteiger partial charge < -0.3 is 14.6 Å². The van der Waals surface area contributed by atoms with Gasteiger partial charge in [0.05, 0.1) is 19.8 Å². The number of aromatic nitrogens is 1. The van der Waals surface area contributed by atoms with Crippen molar-refractivity contribution in [2.24, 2.45) is 0 Å². The number of hydrogen-bond acceptors (Lipinski definition) is 4. The van der Waals surface area contributed by atoms with E-state index < -0.39 is 0 Å². The molecule has 150 valence electrons. The molecule has 1 aromatic heterocycles. The number of unbranched alkanes of at least 4 members (excludes halogenated alkanes) is 1. The summed E-state index contributed by atoms with van der Waals surface area (Å²) in [5.41, 5.74) is 2.07. The van der Waals surface area contributed by atoms with E-state index in [-0.39, 0.29) is 17.5 Å². The van der Waals surface area contributed by atoms with E-state index in [1.54, 1.807) is 22.9 Å². The SMILES string of the molecule is CCCCN1CCOCC1C(=O)NCc1ccc(Cn2ccccc2=O)cc1. The highest BCUT2D eigenvalue weighted by molar-refractivity contribution is 5.82. The number of hydrogen-bond donors (Lipinski definition) is 1. The minimum Gasteiger partial charge on any atom is -0.378 e. The van der Waals surface area contributed by atoms with Crippen LogP contribution in [0.2, 0.25) is 0 Å². The summed E-state index contributed by atoms with van der Waals surface area (Å²) in [6.45, 7) is 6.09. The van der Waals surface area contributed by atoms with Crippen molar-refractivity contribution in [1.29, 1.82) is 0 Å².